The molecule has 0 radical (unpaired) electrons. The van der Waals surface area contributed by atoms with Crippen LogP contribution in [0.1, 0.15) is 37.9 Å². The number of halogens is 2. The molecule has 0 aromatic carbocycles. The summed E-state index contributed by atoms with van der Waals surface area (Å²) in [5.74, 6) is 0.381. The highest BCUT2D eigenvalue weighted by Crippen LogP contribution is 2.10. The van der Waals surface area contributed by atoms with Crippen LogP contribution in [0, 0.1) is 5.92 Å². The summed E-state index contributed by atoms with van der Waals surface area (Å²) in [6, 6.07) is -0.397. The van der Waals surface area contributed by atoms with Crippen LogP contribution < -0.4 is 11.1 Å². The lowest BCUT2D eigenvalue weighted by Crippen LogP contribution is -2.42. The maximum atomic E-state index is 11.7. The minimum absolute atomic E-state index is 0. The molecule has 1 rings (SSSR count). The van der Waals surface area contributed by atoms with Gasteiger partial charge in [-0.15, -0.1) is 36.2 Å². The first kappa shape index (κ1) is 21.9. The van der Waals surface area contributed by atoms with Crippen molar-refractivity contribution in [2.24, 2.45) is 11.7 Å². The number of hydrogen-bond acceptors (Lipinski definition) is 4. The molecule has 3 N–H and O–H groups in total. The summed E-state index contributed by atoms with van der Waals surface area (Å²) >= 11 is 1.67. The predicted molar refractivity (Wildman–Crippen MR) is 90.1 cm³/mol. The third-order valence-electron chi connectivity index (χ3n) is 2.64. The number of carbonyl (C=O) groups excluding carboxylic acids is 1. The quantitative estimate of drug-likeness (QED) is 0.800. The van der Waals surface area contributed by atoms with E-state index in [1.165, 1.54) is 0 Å². The van der Waals surface area contributed by atoms with Gasteiger partial charge in [0.2, 0.25) is 5.91 Å². The topological polar surface area (TPSA) is 68.0 Å². The van der Waals surface area contributed by atoms with Crippen LogP contribution >= 0.6 is 36.2 Å². The van der Waals surface area contributed by atoms with Crippen LogP contribution in [0.2, 0.25) is 0 Å². The highest BCUT2D eigenvalue weighted by Gasteiger charge is 2.14. The second kappa shape index (κ2) is 11.3. The Morgan fingerprint density at radius 1 is 1.45 bits per heavy atom. The number of nitrogens with zero attached hydrogens (tertiary/aromatic N) is 1. The minimum atomic E-state index is -0.397. The molecule has 0 aliphatic carbocycles. The van der Waals surface area contributed by atoms with Gasteiger partial charge in [0.1, 0.15) is 0 Å². The van der Waals surface area contributed by atoms with Crippen LogP contribution in [-0.2, 0) is 17.6 Å². The Kier molecular flexibility index (Phi) is 12.4. The van der Waals surface area contributed by atoms with Crippen LogP contribution in [0.15, 0.2) is 5.38 Å². The van der Waals surface area contributed by atoms with E-state index in [1.807, 2.05) is 0 Å². The van der Waals surface area contributed by atoms with Gasteiger partial charge in [-0.2, -0.15) is 0 Å². The second-order valence-corrected chi connectivity index (χ2v) is 5.81. The van der Waals surface area contributed by atoms with Gasteiger partial charge < -0.3 is 11.1 Å². The molecule has 1 aromatic rings. The van der Waals surface area contributed by atoms with Gasteiger partial charge in [-0.25, -0.2) is 4.98 Å². The zero-order valence-electron chi connectivity index (χ0n) is 12.2. The SMILES string of the molecule is CCc1nc(CCNC(=O)[C@@H](N)CC(C)C)cs1.Cl.Cl. The molecule has 0 unspecified atom stereocenters. The van der Waals surface area contributed by atoms with E-state index in [4.69, 9.17) is 5.73 Å². The monoisotopic (exact) mass is 341 g/mol. The number of carbonyl (C=O) groups is 1. The number of nitrogens with one attached hydrogen (secondary N) is 1. The number of nitrogens with two attached hydrogens (primary N) is 1. The highest BCUT2D eigenvalue weighted by molar-refractivity contribution is 7.09. The lowest BCUT2D eigenvalue weighted by Gasteiger charge is -2.13. The Bertz CT molecular complexity index is 385. The molecule has 20 heavy (non-hydrogen) atoms. The standard InChI is InChI=1S/C13H23N3OS.2ClH/c1-4-12-16-10(8-18-12)5-6-15-13(17)11(14)7-9(2)3;;/h8-9,11H,4-7,14H2,1-3H3,(H,15,17);2*1H/t11-;;/m0../s1. The van der Waals surface area contributed by atoms with E-state index in [-0.39, 0.29) is 30.7 Å². The van der Waals surface area contributed by atoms with Gasteiger partial charge in [0.15, 0.2) is 0 Å². The van der Waals surface area contributed by atoms with E-state index in [1.54, 1.807) is 11.3 Å². The lowest BCUT2D eigenvalue weighted by molar-refractivity contribution is -0.122. The number of thiazole rings is 1. The smallest absolute Gasteiger partial charge is 0.236 e. The average molecular weight is 342 g/mol. The van der Waals surface area contributed by atoms with Crippen LogP contribution in [-0.4, -0.2) is 23.5 Å². The predicted octanol–water partition coefficient (Wildman–Crippen LogP) is 2.58. The maximum absolute atomic E-state index is 11.7. The van der Waals surface area contributed by atoms with E-state index in [0.717, 1.165) is 30.0 Å². The van der Waals surface area contributed by atoms with Gasteiger partial charge in [-0.05, 0) is 18.8 Å². The largest absolute Gasteiger partial charge is 0.354 e. The summed E-state index contributed by atoms with van der Waals surface area (Å²) in [4.78, 5) is 16.1. The molecule has 0 saturated heterocycles. The van der Waals surface area contributed by atoms with Gasteiger partial charge in [0.25, 0.3) is 0 Å². The van der Waals surface area contributed by atoms with Crippen molar-refractivity contribution >= 4 is 42.1 Å². The summed E-state index contributed by atoms with van der Waals surface area (Å²) in [6.07, 6.45) is 2.47. The van der Waals surface area contributed by atoms with Crippen molar-refractivity contribution in [3.8, 4) is 0 Å². The molecule has 0 spiro atoms. The number of amides is 1. The summed E-state index contributed by atoms with van der Waals surface area (Å²) in [7, 11) is 0. The molecular formula is C13H25Cl2N3OS. The number of rotatable bonds is 7. The van der Waals surface area contributed by atoms with Crippen molar-refractivity contribution in [1.29, 1.82) is 0 Å². The molecule has 1 atom stereocenters. The zero-order chi connectivity index (χ0) is 13.5. The van der Waals surface area contributed by atoms with E-state index in [2.05, 4.69) is 36.5 Å². The van der Waals surface area contributed by atoms with Gasteiger partial charge in [0, 0.05) is 18.3 Å². The highest BCUT2D eigenvalue weighted by atomic mass is 35.5. The van der Waals surface area contributed by atoms with E-state index >= 15 is 0 Å². The molecule has 0 fully saturated rings. The Labute approximate surface area is 137 Å². The molecule has 118 valence electrons. The number of aromatic nitrogens is 1. The van der Waals surface area contributed by atoms with E-state index < -0.39 is 6.04 Å². The van der Waals surface area contributed by atoms with E-state index in [9.17, 15) is 4.79 Å². The van der Waals surface area contributed by atoms with Crippen LogP contribution in [0.25, 0.3) is 0 Å². The van der Waals surface area contributed by atoms with Gasteiger partial charge in [-0.3, -0.25) is 4.79 Å². The molecule has 1 aromatic heterocycles. The fourth-order valence-corrected chi connectivity index (χ4v) is 2.47. The van der Waals surface area contributed by atoms with Crippen molar-refractivity contribution in [3.05, 3.63) is 16.1 Å². The molecule has 7 heteroatoms. The Hall–Kier alpha value is -0.360. The number of hydrogen-bond donors (Lipinski definition) is 2. The fraction of sp³-hybridized carbons (Fsp3) is 0.692. The van der Waals surface area contributed by atoms with Crippen LogP contribution in [0.4, 0.5) is 0 Å². The summed E-state index contributed by atoms with van der Waals surface area (Å²) < 4.78 is 0. The minimum Gasteiger partial charge on any atom is -0.354 e. The van der Waals surface area contributed by atoms with Crippen molar-refractivity contribution in [2.45, 2.75) is 46.1 Å². The molecule has 1 amide bonds. The Balaban J connectivity index is 0. The van der Waals surface area contributed by atoms with Crippen molar-refractivity contribution in [2.75, 3.05) is 6.54 Å². The van der Waals surface area contributed by atoms with Crippen LogP contribution in [0.3, 0.4) is 0 Å². The summed E-state index contributed by atoms with van der Waals surface area (Å²) in [5.41, 5.74) is 6.85. The molecule has 0 aliphatic rings. The zero-order valence-corrected chi connectivity index (χ0v) is 14.7. The van der Waals surface area contributed by atoms with Gasteiger partial charge >= 0.3 is 0 Å². The van der Waals surface area contributed by atoms with Crippen molar-refractivity contribution in [3.63, 3.8) is 0 Å². The molecule has 1 heterocycles. The van der Waals surface area contributed by atoms with Gasteiger partial charge in [0.05, 0.1) is 16.7 Å². The lowest BCUT2D eigenvalue weighted by atomic mass is 10.0. The fourth-order valence-electron chi connectivity index (χ4n) is 1.69. The summed E-state index contributed by atoms with van der Waals surface area (Å²) in [5, 5.41) is 6.06. The Morgan fingerprint density at radius 3 is 2.60 bits per heavy atom. The first-order chi connectivity index (χ1) is 8.52. The normalized spacial score (nSPS) is 11.4. The first-order valence-corrected chi connectivity index (χ1v) is 7.37. The molecule has 4 nitrogen and oxygen atoms in total. The molecule has 0 bridgehead atoms. The van der Waals surface area contributed by atoms with Crippen molar-refractivity contribution in [1.82, 2.24) is 10.3 Å². The number of aryl methyl sites for hydroxylation is 1. The summed E-state index contributed by atoms with van der Waals surface area (Å²) in [6.45, 7) is 6.83. The first-order valence-electron chi connectivity index (χ1n) is 6.49. The van der Waals surface area contributed by atoms with E-state index in [0.29, 0.717) is 12.5 Å². The van der Waals surface area contributed by atoms with Gasteiger partial charge in [-0.1, -0.05) is 20.8 Å². The van der Waals surface area contributed by atoms with Crippen molar-refractivity contribution < 1.29 is 4.79 Å². The average Bonchev–Trinajstić information content (AvgIpc) is 2.76. The van der Waals surface area contributed by atoms with Crippen LogP contribution in [0.5, 0.6) is 0 Å². The maximum Gasteiger partial charge on any atom is 0.236 e. The molecular weight excluding hydrogens is 317 g/mol. The second-order valence-electron chi connectivity index (χ2n) is 4.86. The third-order valence-corrected chi connectivity index (χ3v) is 3.69. The molecule has 0 aliphatic heterocycles. The molecule has 0 saturated carbocycles. The third kappa shape index (κ3) is 8.04. The Morgan fingerprint density at radius 2 is 2.10 bits per heavy atom.